The number of anilines is 1. The van der Waals surface area contributed by atoms with E-state index in [-0.39, 0.29) is 6.09 Å². The van der Waals surface area contributed by atoms with Crippen molar-refractivity contribution in [1.29, 1.82) is 0 Å². The highest BCUT2D eigenvalue weighted by molar-refractivity contribution is 5.94. The number of benzene rings is 3. The van der Waals surface area contributed by atoms with Crippen molar-refractivity contribution >= 4 is 22.6 Å². The average molecular weight is 461 g/mol. The van der Waals surface area contributed by atoms with Gasteiger partial charge in [0.25, 0.3) is 0 Å². The van der Waals surface area contributed by atoms with Gasteiger partial charge in [0.2, 0.25) is 0 Å². The van der Waals surface area contributed by atoms with Crippen molar-refractivity contribution in [3.8, 4) is 11.5 Å². The molecule has 2 aliphatic heterocycles. The van der Waals surface area contributed by atoms with Gasteiger partial charge in [0, 0.05) is 48.9 Å². The summed E-state index contributed by atoms with van der Waals surface area (Å²) in [6, 6.07) is 20.3. The molecule has 178 valence electrons. The molecule has 6 nitrogen and oxygen atoms in total. The minimum atomic E-state index is -0.397. The fourth-order valence-corrected chi connectivity index (χ4v) is 5.10. The van der Waals surface area contributed by atoms with E-state index in [1.807, 2.05) is 56.3 Å². The molecule has 1 spiro atoms. The summed E-state index contributed by atoms with van der Waals surface area (Å²) in [6.45, 7) is 8.46. The monoisotopic (exact) mass is 460 g/mol. The fourth-order valence-electron chi connectivity index (χ4n) is 5.10. The lowest BCUT2D eigenvalue weighted by molar-refractivity contribution is -0.000979. The number of ether oxygens (including phenoxy) is 3. The molecule has 0 bridgehead atoms. The van der Waals surface area contributed by atoms with Gasteiger partial charge in [-0.1, -0.05) is 30.3 Å². The van der Waals surface area contributed by atoms with Crippen LogP contribution in [0.25, 0.3) is 10.8 Å². The van der Waals surface area contributed by atoms with E-state index in [9.17, 15) is 4.79 Å². The van der Waals surface area contributed by atoms with E-state index in [0.29, 0.717) is 19.8 Å². The van der Waals surface area contributed by atoms with Crippen molar-refractivity contribution in [2.24, 2.45) is 0 Å². The number of fused-ring (bicyclic) bond motifs is 1. The summed E-state index contributed by atoms with van der Waals surface area (Å²) in [5.74, 6) is 1.78. The first-order valence-electron chi connectivity index (χ1n) is 12.2. The van der Waals surface area contributed by atoms with Crippen molar-refractivity contribution in [2.45, 2.75) is 38.8 Å². The molecule has 34 heavy (non-hydrogen) atoms. The third-order valence-corrected chi connectivity index (χ3v) is 6.79. The Labute approximate surface area is 201 Å². The summed E-state index contributed by atoms with van der Waals surface area (Å²) in [5, 5.41) is 2.16. The lowest BCUT2D eigenvalue weighted by Crippen LogP contribution is -2.46. The highest BCUT2D eigenvalue weighted by atomic mass is 16.6. The molecule has 0 radical (unpaired) electrons. The number of hydrogen-bond donors (Lipinski definition) is 0. The summed E-state index contributed by atoms with van der Waals surface area (Å²) in [7, 11) is 0. The molecule has 3 aromatic rings. The molecule has 2 fully saturated rings. The average Bonchev–Trinajstić information content (AvgIpc) is 3.18. The van der Waals surface area contributed by atoms with Gasteiger partial charge in [-0.3, -0.25) is 9.80 Å². The first kappa shape index (κ1) is 22.5. The van der Waals surface area contributed by atoms with Crippen LogP contribution in [0.2, 0.25) is 0 Å². The molecule has 2 aliphatic rings. The predicted molar refractivity (Wildman–Crippen MR) is 134 cm³/mol. The third-order valence-electron chi connectivity index (χ3n) is 6.79. The van der Waals surface area contributed by atoms with Crippen LogP contribution in [0.15, 0.2) is 60.7 Å². The van der Waals surface area contributed by atoms with E-state index >= 15 is 0 Å². The van der Waals surface area contributed by atoms with Crippen LogP contribution in [-0.2, 0) is 11.3 Å². The van der Waals surface area contributed by atoms with E-state index in [1.165, 1.54) is 5.56 Å². The van der Waals surface area contributed by atoms with Crippen LogP contribution in [0.1, 0.15) is 32.3 Å². The van der Waals surface area contributed by atoms with Gasteiger partial charge < -0.3 is 14.2 Å². The Morgan fingerprint density at radius 3 is 2.35 bits per heavy atom. The maximum absolute atomic E-state index is 12.6. The van der Waals surface area contributed by atoms with E-state index in [4.69, 9.17) is 14.2 Å². The highest BCUT2D eigenvalue weighted by Crippen LogP contribution is 2.37. The first-order chi connectivity index (χ1) is 16.6. The van der Waals surface area contributed by atoms with Crippen LogP contribution in [0.4, 0.5) is 10.5 Å². The van der Waals surface area contributed by atoms with Crippen LogP contribution >= 0.6 is 0 Å². The summed E-state index contributed by atoms with van der Waals surface area (Å²) in [6.07, 6.45) is 1.43. The third kappa shape index (κ3) is 4.42. The Morgan fingerprint density at radius 1 is 0.882 bits per heavy atom. The summed E-state index contributed by atoms with van der Waals surface area (Å²) >= 11 is 0. The topological polar surface area (TPSA) is 51.2 Å². The molecule has 0 saturated carbocycles. The molecule has 5 rings (SSSR count). The van der Waals surface area contributed by atoms with Gasteiger partial charge in [0.15, 0.2) is 0 Å². The van der Waals surface area contributed by atoms with Gasteiger partial charge in [-0.25, -0.2) is 4.79 Å². The highest BCUT2D eigenvalue weighted by Gasteiger charge is 2.47. The number of hydrogen-bond acceptors (Lipinski definition) is 5. The van der Waals surface area contributed by atoms with Crippen LogP contribution in [0.3, 0.4) is 0 Å². The Kier molecular flexibility index (Phi) is 6.33. The molecule has 0 aliphatic carbocycles. The molecule has 1 amide bonds. The molecule has 0 unspecified atom stereocenters. The van der Waals surface area contributed by atoms with Gasteiger partial charge in [0.05, 0.1) is 19.8 Å². The fraction of sp³-hybridized carbons (Fsp3) is 0.393. The number of carbonyl (C=O) groups is 1. The van der Waals surface area contributed by atoms with Crippen molar-refractivity contribution in [3.05, 3.63) is 66.2 Å². The Hall–Kier alpha value is -3.25. The zero-order valence-electron chi connectivity index (χ0n) is 20.0. The second-order valence-corrected chi connectivity index (χ2v) is 9.06. The van der Waals surface area contributed by atoms with Gasteiger partial charge in [-0.2, -0.15) is 0 Å². The Morgan fingerprint density at radius 2 is 1.62 bits per heavy atom. The van der Waals surface area contributed by atoms with Crippen molar-refractivity contribution in [3.63, 3.8) is 0 Å². The van der Waals surface area contributed by atoms with Crippen molar-refractivity contribution in [1.82, 2.24) is 4.90 Å². The lowest BCUT2D eigenvalue weighted by Gasteiger charge is -2.37. The van der Waals surface area contributed by atoms with Crippen LogP contribution in [0, 0.1) is 0 Å². The van der Waals surface area contributed by atoms with Crippen LogP contribution in [-0.4, -0.2) is 49.4 Å². The molecular formula is C28H32N2O4. The number of para-hydroxylation sites is 1. The second kappa shape index (κ2) is 9.55. The minimum Gasteiger partial charge on any atom is -0.493 e. The molecule has 0 atom stereocenters. The number of amides is 1. The van der Waals surface area contributed by atoms with Crippen molar-refractivity contribution < 1.29 is 19.0 Å². The largest absolute Gasteiger partial charge is 0.493 e. The quantitative estimate of drug-likeness (QED) is 0.457. The standard InChI is InChI=1S/C28H32N2O4/c1-3-32-25-12-8-11-23-24(25)17-21(18-26(23)33-4-2)19-29-15-13-28(14-16-29)20-30(27(31)34-28)22-9-6-5-7-10-22/h5-12,17-18H,3-4,13-16,19-20H2,1-2H3. The molecule has 0 aromatic heterocycles. The maximum Gasteiger partial charge on any atom is 0.415 e. The zero-order valence-corrected chi connectivity index (χ0v) is 20.0. The van der Waals surface area contributed by atoms with E-state index in [1.54, 1.807) is 4.90 Å². The van der Waals surface area contributed by atoms with Crippen LogP contribution < -0.4 is 14.4 Å². The van der Waals surface area contributed by atoms with Crippen LogP contribution in [0.5, 0.6) is 11.5 Å². The summed E-state index contributed by atoms with van der Waals surface area (Å²) < 4.78 is 17.8. The molecule has 2 heterocycles. The van der Waals surface area contributed by atoms with Crippen molar-refractivity contribution in [2.75, 3.05) is 37.7 Å². The smallest absolute Gasteiger partial charge is 0.415 e. The molecule has 2 saturated heterocycles. The van der Waals surface area contributed by atoms with Gasteiger partial charge in [0.1, 0.15) is 17.1 Å². The molecular weight excluding hydrogens is 428 g/mol. The zero-order chi connectivity index (χ0) is 23.5. The van der Waals surface area contributed by atoms with E-state index in [2.05, 4.69) is 23.1 Å². The SMILES string of the molecule is CCOc1cc(CN2CCC3(CC2)CN(c2ccccc2)C(=O)O3)cc2c(OCC)cccc12. The first-order valence-corrected chi connectivity index (χ1v) is 12.2. The van der Waals surface area contributed by atoms with Gasteiger partial charge in [-0.05, 0) is 49.7 Å². The normalized spacial score (nSPS) is 17.8. The molecule has 6 heteroatoms. The Bertz CT molecular complexity index is 1160. The predicted octanol–water partition coefficient (Wildman–Crippen LogP) is 5.63. The second-order valence-electron chi connectivity index (χ2n) is 9.06. The summed E-state index contributed by atoms with van der Waals surface area (Å²) in [5.41, 5.74) is 1.70. The molecule has 3 aromatic carbocycles. The number of likely N-dealkylation sites (tertiary alicyclic amines) is 1. The summed E-state index contributed by atoms with van der Waals surface area (Å²) in [4.78, 5) is 16.8. The molecule has 0 N–H and O–H groups in total. The number of piperidine rings is 1. The Balaban J connectivity index is 1.30. The lowest BCUT2D eigenvalue weighted by atomic mass is 9.91. The number of nitrogens with zero attached hydrogens (tertiary/aromatic N) is 2. The minimum absolute atomic E-state index is 0.237. The van der Waals surface area contributed by atoms with E-state index < -0.39 is 5.60 Å². The maximum atomic E-state index is 12.6. The number of carbonyl (C=O) groups excluding carboxylic acids is 1. The number of rotatable bonds is 7. The van der Waals surface area contributed by atoms with E-state index in [0.717, 1.165) is 60.4 Å². The van der Waals surface area contributed by atoms with Gasteiger partial charge >= 0.3 is 6.09 Å². The van der Waals surface area contributed by atoms with Gasteiger partial charge in [-0.15, -0.1) is 0 Å².